The molecule has 1 aromatic rings. The molecule has 2 nitrogen and oxygen atoms in total. The highest BCUT2D eigenvalue weighted by atomic mass is 35.5. The molecule has 0 saturated heterocycles. The monoisotopic (exact) mass is 301 g/mol. The molecule has 0 heterocycles. The number of benzene rings is 1. The number of hydrogen-bond donors (Lipinski definition) is 2. The standard InChI is InChI=1S/C15H24ClNOS/c1-10(2)8-17-9-13-5-6-14(7-15(13)16)19-12(4)11(3)18/h5-7,10-12,17-18H,8-9H2,1-4H3. The van der Waals surface area contributed by atoms with Crippen LogP contribution < -0.4 is 5.32 Å². The zero-order chi connectivity index (χ0) is 14.4. The summed E-state index contributed by atoms with van der Waals surface area (Å²) in [5.41, 5.74) is 1.12. The van der Waals surface area contributed by atoms with Crippen LogP contribution in [-0.2, 0) is 6.54 Å². The second-order valence-corrected chi connectivity index (χ2v) is 7.20. The predicted molar refractivity (Wildman–Crippen MR) is 85.0 cm³/mol. The molecule has 0 saturated carbocycles. The second-order valence-electron chi connectivity index (χ2n) is 5.34. The molecule has 2 N–H and O–H groups in total. The molecule has 0 aliphatic heterocycles. The third-order valence-electron chi connectivity index (χ3n) is 2.89. The van der Waals surface area contributed by atoms with Gasteiger partial charge in [0.2, 0.25) is 0 Å². The Kier molecular flexibility index (Phi) is 7.22. The smallest absolute Gasteiger partial charge is 0.0631 e. The molecular weight excluding hydrogens is 278 g/mol. The van der Waals surface area contributed by atoms with E-state index >= 15 is 0 Å². The summed E-state index contributed by atoms with van der Waals surface area (Å²) in [6.07, 6.45) is -0.323. The van der Waals surface area contributed by atoms with Gasteiger partial charge in [0.25, 0.3) is 0 Å². The molecule has 4 heteroatoms. The third kappa shape index (κ3) is 6.17. The quantitative estimate of drug-likeness (QED) is 0.748. The highest BCUT2D eigenvalue weighted by Gasteiger charge is 2.11. The number of nitrogens with one attached hydrogen (secondary N) is 1. The average Bonchev–Trinajstić information content (AvgIpc) is 2.31. The SMILES string of the molecule is CC(C)CNCc1ccc(SC(C)C(C)O)cc1Cl. The number of rotatable bonds is 7. The van der Waals surface area contributed by atoms with Gasteiger partial charge in [0.1, 0.15) is 0 Å². The molecule has 0 aliphatic rings. The lowest BCUT2D eigenvalue weighted by Crippen LogP contribution is -2.19. The Labute approximate surface area is 125 Å². The number of aliphatic hydroxyl groups excluding tert-OH is 1. The Morgan fingerprint density at radius 1 is 1.26 bits per heavy atom. The second kappa shape index (κ2) is 8.15. The van der Waals surface area contributed by atoms with Crippen LogP contribution in [0.25, 0.3) is 0 Å². The lowest BCUT2D eigenvalue weighted by molar-refractivity contribution is 0.196. The summed E-state index contributed by atoms with van der Waals surface area (Å²) in [7, 11) is 0. The van der Waals surface area contributed by atoms with Crippen LogP contribution in [0.3, 0.4) is 0 Å². The van der Waals surface area contributed by atoms with Crippen LogP contribution in [0.5, 0.6) is 0 Å². The summed E-state index contributed by atoms with van der Waals surface area (Å²) in [6.45, 7) is 9.99. The maximum atomic E-state index is 9.51. The van der Waals surface area contributed by atoms with E-state index in [0.29, 0.717) is 5.92 Å². The van der Waals surface area contributed by atoms with Crippen molar-refractivity contribution in [2.45, 2.75) is 50.5 Å². The first-order valence-corrected chi connectivity index (χ1v) is 7.99. The minimum Gasteiger partial charge on any atom is -0.392 e. The van der Waals surface area contributed by atoms with E-state index in [1.165, 1.54) is 0 Å². The lowest BCUT2D eigenvalue weighted by atomic mass is 10.2. The first-order valence-electron chi connectivity index (χ1n) is 6.74. The Morgan fingerprint density at radius 3 is 2.47 bits per heavy atom. The van der Waals surface area contributed by atoms with Gasteiger partial charge in [0.15, 0.2) is 0 Å². The number of halogens is 1. The van der Waals surface area contributed by atoms with Crippen molar-refractivity contribution >= 4 is 23.4 Å². The van der Waals surface area contributed by atoms with E-state index < -0.39 is 0 Å². The summed E-state index contributed by atoms with van der Waals surface area (Å²) in [6, 6.07) is 6.12. The van der Waals surface area contributed by atoms with Crippen LogP contribution in [0.4, 0.5) is 0 Å². The maximum Gasteiger partial charge on any atom is 0.0631 e. The molecule has 1 rings (SSSR count). The number of aliphatic hydroxyl groups is 1. The third-order valence-corrected chi connectivity index (χ3v) is 4.54. The Balaban J connectivity index is 2.59. The van der Waals surface area contributed by atoms with Gasteiger partial charge in [-0.1, -0.05) is 38.4 Å². The van der Waals surface area contributed by atoms with Gasteiger partial charge in [-0.15, -0.1) is 11.8 Å². The molecule has 0 bridgehead atoms. The van der Waals surface area contributed by atoms with Crippen molar-refractivity contribution in [2.24, 2.45) is 5.92 Å². The molecule has 0 spiro atoms. The summed E-state index contributed by atoms with van der Waals surface area (Å²) in [5.74, 6) is 0.639. The molecule has 0 fully saturated rings. The van der Waals surface area contributed by atoms with Crippen LogP contribution in [0.2, 0.25) is 5.02 Å². The van der Waals surface area contributed by atoms with Gasteiger partial charge in [-0.05, 0) is 37.1 Å². The van der Waals surface area contributed by atoms with E-state index in [0.717, 1.165) is 28.6 Å². The van der Waals surface area contributed by atoms with E-state index in [1.54, 1.807) is 11.8 Å². The van der Waals surface area contributed by atoms with E-state index in [-0.39, 0.29) is 11.4 Å². The number of thioether (sulfide) groups is 1. The zero-order valence-electron chi connectivity index (χ0n) is 12.1. The van der Waals surface area contributed by atoms with Crippen molar-refractivity contribution in [2.75, 3.05) is 6.54 Å². The molecular formula is C15H24ClNOS. The summed E-state index contributed by atoms with van der Waals surface area (Å²) >= 11 is 7.94. The Hall–Kier alpha value is -0.220. The van der Waals surface area contributed by atoms with E-state index in [4.69, 9.17) is 11.6 Å². The molecule has 0 aliphatic carbocycles. The van der Waals surface area contributed by atoms with Crippen LogP contribution >= 0.6 is 23.4 Å². The van der Waals surface area contributed by atoms with Gasteiger partial charge in [0.05, 0.1) is 6.10 Å². The van der Waals surface area contributed by atoms with Crippen molar-refractivity contribution in [3.63, 3.8) is 0 Å². The van der Waals surface area contributed by atoms with Crippen molar-refractivity contribution in [3.05, 3.63) is 28.8 Å². The Bertz CT molecular complexity index is 396. The van der Waals surface area contributed by atoms with Crippen molar-refractivity contribution in [1.82, 2.24) is 5.32 Å². The van der Waals surface area contributed by atoms with Gasteiger partial charge >= 0.3 is 0 Å². The van der Waals surface area contributed by atoms with Crippen molar-refractivity contribution < 1.29 is 5.11 Å². The summed E-state index contributed by atoms with van der Waals surface area (Å²) < 4.78 is 0. The summed E-state index contributed by atoms with van der Waals surface area (Å²) in [5, 5.41) is 13.9. The largest absolute Gasteiger partial charge is 0.392 e. The molecule has 19 heavy (non-hydrogen) atoms. The normalized spacial score (nSPS) is 14.7. The highest BCUT2D eigenvalue weighted by molar-refractivity contribution is 8.00. The molecule has 1 aromatic carbocycles. The van der Waals surface area contributed by atoms with Crippen LogP contribution in [-0.4, -0.2) is 23.0 Å². The molecule has 108 valence electrons. The number of hydrogen-bond acceptors (Lipinski definition) is 3. The molecule has 0 amide bonds. The topological polar surface area (TPSA) is 32.3 Å². The predicted octanol–water partition coefficient (Wildman–Crippen LogP) is 3.95. The Morgan fingerprint density at radius 2 is 1.95 bits per heavy atom. The molecule has 0 radical (unpaired) electrons. The van der Waals surface area contributed by atoms with Gasteiger partial charge < -0.3 is 10.4 Å². The van der Waals surface area contributed by atoms with Gasteiger partial charge in [0, 0.05) is 21.7 Å². The van der Waals surface area contributed by atoms with Gasteiger partial charge in [-0.25, -0.2) is 0 Å². The molecule has 0 aromatic heterocycles. The fourth-order valence-electron chi connectivity index (χ4n) is 1.55. The first-order chi connectivity index (χ1) is 8.90. The maximum absolute atomic E-state index is 9.51. The average molecular weight is 302 g/mol. The van der Waals surface area contributed by atoms with Gasteiger partial charge in [-0.2, -0.15) is 0 Å². The van der Waals surface area contributed by atoms with E-state index in [2.05, 4.69) is 31.3 Å². The van der Waals surface area contributed by atoms with Gasteiger partial charge in [-0.3, -0.25) is 0 Å². The lowest BCUT2D eigenvalue weighted by Gasteiger charge is -2.15. The first kappa shape index (κ1) is 16.8. The summed E-state index contributed by atoms with van der Waals surface area (Å²) in [4.78, 5) is 1.10. The van der Waals surface area contributed by atoms with E-state index in [1.807, 2.05) is 19.9 Å². The minimum atomic E-state index is -0.323. The van der Waals surface area contributed by atoms with Crippen molar-refractivity contribution in [3.8, 4) is 0 Å². The minimum absolute atomic E-state index is 0.168. The molecule has 2 atom stereocenters. The van der Waals surface area contributed by atoms with Crippen molar-refractivity contribution in [1.29, 1.82) is 0 Å². The fraction of sp³-hybridized carbons (Fsp3) is 0.600. The van der Waals surface area contributed by atoms with Crippen LogP contribution in [0.1, 0.15) is 33.3 Å². The van der Waals surface area contributed by atoms with E-state index in [9.17, 15) is 5.11 Å². The zero-order valence-corrected chi connectivity index (χ0v) is 13.7. The van der Waals surface area contributed by atoms with Crippen LogP contribution in [0.15, 0.2) is 23.1 Å². The highest BCUT2D eigenvalue weighted by Crippen LogP contribution is 2.29. The van der Waals surface area contributed by atoms with Crippen LogP contribution in [0, 0.1) is 5.92 Å². The molecule has 2 unspecified atom stereocenters. The fourth-order valence-corrected chi connectivity index (χ4v) is 2.82.